The van der Waals surface area contributed by atoms with Gasteiger partial charge in [0.2, 0.25) is 5.91 Å². The molecule has 0 radical (unpaired) electrons. The first kappa shape index (κ1) is 23.0. The lowest BCUT2D eigenvalue weighted by atomic mass is 10.1. The summed E-state index contributed by atoms with van der Waals surface area (Å²) < 4.78 is 0. The molecule has 0 aliphatic heterocycles. The van der Waals surface area contributed by atoms with E-state index in [9.17, 15) is 9.59 Å². The predicted octanol–water partition coefficient (Wildman–Crippen LogP) is 5.31. The van der Waals surface area contributed by atoms with Crippen LogP contribution >= 0.6 is 0 Å². The topological polar surface area (TPSA) is 49.4 Å². The van der Waals surface area contributed by atoms with Crippen molar-refractivity contribution in [2.45, 2.75) is 39.8 Å². The number of benzene rings is 3. The van der Waals surface area contributed by atoms with E-state index in [0.717, 1.165) is 27.9 Å². The van der Waals surface area contributed by atoms with Crippen LogP contribution in [0, 0.1) is 6.92 Å². The Bertz CT molecular complexity index is 1070. The molecular weight excluding hydrogens is 396 g/mol. The predicted molar refractivity (Wildman–Crippen MR) is 131 cm³/mol. The highest BCUT2D eigenvalue weighted by atomic mass is 16.2. The first-order chi connectivity index (χ1) is 15.4. The van der Waals surface area contributed by atoms with E-state index in [0.29, 0.717) is 13.0 Å². The van der Waals surface area contributed by atoms with Gasteiger partial charge in [-0.1, -0.05) is 72.3 Å². The van der Waals surface area contributed by atoms with Crippen LogP contribution in [0.5, 0.6) is 0 Å². The second-order valence-corrected chi connectivity index (χ2v) is 8.22. The van der Waals surface area contributed by atoms with Crippen molar-refractivity contribution in [3.05, 3.63) is 107 Å². The van der Waals surface area contributed by atoms with Crippen LogP contribution in [0.4, 0.5) is 5.69 Å². The van der Waals surface area contributed by atoms with E-state index in [-0.39, 0.29) is 17.9 Å². The van der Waals surface area contributed by atoms with Gasteiger partial charge < -0.3 is 10.2 Å². The molecule has 0 aliphatic carbocycles. The van der Waals surface area contributed by atoms with Gasteiger partial charge in [-0.2, -0.15) is 0 Å². The molecule has 4 nitrogen and oxygen atoms in total. The van der Waals surface area contributed by atoms with Gasteiger partial charge >= 0.3 is 0 Å². The van der Waals surface area contributed by atoms with Gasteiger partial charge in [-0.25, -0.2) is 0 Å². The number of rotatable bonds is 8. The third kappa shape index (κ3) is 6.95. The molecule has 0 unspecified atom stereocenters. The van der Waals surface area contributed by atoms with Crippen LogP contribution in [-0.4, -0.2) is 17.9 Å². The number of anilines is 1. The van der Waals surface area contributed by atoms with Gasteiger partial charge in [0.1, 0.15) is 0 Å². The minimum absolute atomic E-state index is 0.00811. The summed E-state index contributed by atoms with van der Waals surface area (Å²) in [6, 6.07) is 25.7. The zero-order chi connectivity index (χ0) is 22.9. The number of hydrogen-bond donors (Lipinski definition) is 1. The molecule has 0 aromatic heterocycles. The molecule has 0 saturated carbocycles. The number of carbonyl (C=O) groups is 2. The van der Waals surface area contributed by atoms with Gasteiger partial charge in [-0.15, -0.1) is 0 Å². The van der Waals surface area contributed by atoms with Gasteiger partial charge in [0.05, 0.1) is 13.0 Å². The maximum Gasteiger partial charge on any atom is 0.251 e. The Hall–Kier alpha value is -3.66. The fourth-order valence-electron chi connectivity index (χ4n) is 3.46. The highest BCUT2D eigenvalue weighted by molar-refractivity contribution is 6.03. The van der Waals surface area contributed by atoms with Crippen LogP contribution in [0.3, 0.4) is 0 Å². The Morgan fingerprint density at radius 2 is 1.62 bits per heavy atom. The summed E-state index contributed by atoms with van der Waals surface area (Å²) in [6.07, 6.45) is 3.75. The van der Waals surface area contributed by atoms with Crippen molar-refractivity contribution in [2.75, 3.05) is 4.90 Å². The highest BCUT2D eigenvalue weighted by Crippen LogP contribution is 2.20. The van der Waals surface area contributed by atoms with Crippen molar-refractivity contribution in [3.63, 3.8) is 0 Å². The van der Waals surface area contributed by atoms with Crippen LogP contribution in [0.15, 0.2) is 84.9 Å². The van der Waals surface area contributed by atoms with E-state index < -0.39 is 0 Å². The van der Waals surface area contributed by atoms with Crippen molar-refractivity contribution in [2.24, 2.45) is 0 Å². The van der Waals surface area contributed by atoms with Crippen LogP contribution < -0.4 is 10.2 Å². The number of amides is 2. The molecule has 3 rings (SSSR count). The average molecular weight is 427 g/mol. The van der Waals surface area contributed by atoms with Gasteiger partial charge in [0, 0.05) is 17.8 Å². The number of nitrogens with zero attached hydrogens (tertiary/aromatic N) is 1. The first-order valence-electron chi connectivity index (χ1n) is 10.9. The normalized spacial score (nSPS) is 11.0. The third-order valence-corrected chi connectivity index (χ3v) is 4.97. The highest BCUT2D eigenvalue weighted by Gasteiger charge is 2.15. The molecule has 3 aromatic rings. The molecule has 0 heterocycles. The standard InChI is InChI=1S/C28H30N2O2/c1-21(2)29-27(31)19-24-12-15-26(16-13-24)30(20-25-11-7-8-22(3)18-25)28(32)17-14-23-9-5-4-6-10-23/h4-18,21H,19-20H2,1-3H3,(H,29,31). The van der Waals surface area contributed by atoms with Crippen molar-refractivity contribution in [1.29, 1.82) is 0 Å². The summed E-state index contributed by atoms with van der Waals surface area (Å²) in [5.74, 6) is -0.105. The lowest BCUT2D eigenvalue weighted by molar-refractivity contribution is -0.121. The monoisotopic (exact) mass is 426 g/mol. The number of nitrogens with one attached hydrogen (secondary N) is 1. The molecule has 0 spiro atoms. The summed E-state index contributed by atoms with van der Waals surface area (Å²) in [5, 5.41) is 2.90. The molecule has 3 aromatic carbocycles. The Labute approximate surface area is 190 Å². The maximum absolute atomic E-state index is 13.2. The van der Waals surface area contributed by atoms with E-state index in [2.05, 4.69) is 11.4 Å². The summed E-state index contributed by atoms with van der Waals surface area (Å²) in [6.45, 7) is 6.40. The number of aryl methyl sites for hydroxylation is 1. The summed E-state index contributed by atoms with van der Waals surface area (Å²) in [4.78, 5) is 27.0. The molecule has 0 fully saturated rings. The van der Waals surface area contributed by atoms with Crippen molar-refractivity contribution in [3.8, 4) is 0 Å². The summed E-state index contributed by atoms with van der Waals surface area (Å²) >= 11 is 0. The van der Waals surface area contributed by atoms with Crippen LogP contribution in [0.2, 0.25) is 0 Å². The van der Waals surface area contributed by atoms with E-state index in [1.54, 1.807) is 11.0 Å². The van der Waals surface area contributed by atoms with Crippen molar-refractivity contribution >= 4 is 23.6 Å². The molecule has 2 amide bonds. The zero-order valence-corrected chi connectivity index (χ0v) is 18.9. The quantitative estimate of drug-likeness (QED) is 0.496. The number of hydrogen-bond acceptors (Lipinski definition) is 2. The van der Waals surface area contributed by atoms with Gasteiger partial charge in [0.25, 0.3) is 5.91 Å². The van der Waals surface area contributed by atoms with E-state index in [4.69, 9.17) is 0 Å². The van der Waals surface area contributed by atoms with Crippen molar-refractivity contribution < 1.29 is 9.59 Å². The molecule has 0 atom stereocenters. The fraction of sp³-hybridized carbons (Fsp3) is 0.214. The third-order valence-electron chi connectivity index (χ3n) is 4.97. The molecule has 164 valence electrons. The molecule has 0 saturated heterocycles. The minimum atomic E-state index is -0.0966. The molecule has 1 N–H and O–H groups in total. The van der Waals surface area contributed by atoms with Crippen LogP contribution in [0.25, 0.3) is 6.08 Å². The summed E-state index contributed by atoms with van der Waals surface area (Å²) in [5.41, 5.74) is 4.90. The molecular formula is C28H30N2O2. The number of carbonyl (C=O) groups excluding carboxylic acids is 2. The maximum atomic E-state index is 13.2. The van der Waals surface area contributed by atoms with E-state index in [1.807, 2.05) is 99.6 Å². The van der Waals surface area contributed by atoms with E-state index >= 15 is 0 Å². The Balaban J connectivity index is 1.82. The Kier molecular flexibility index (Phi) is 7.98. The Morgan fingerprint density at radius 1 is 0.906 bits per heavy atom. The molecule has 4 heteroatoms. The van der Waals surface area contributed by atoms with Crippen LogP contribution in [-0.2, 0) is 22.6 Å². The molecule has 0 aliphatic rings. The lowest BCUT2D eigenvalue weighted by Crippen LogP contribution is -2.31. The van der Waals surface area contributed by atoms with Crippen molar-refractivity contribution in [1.82, 2.24) is 5.32 Å². The van der Waals surface area contributed by atoms with Gasteiger partial charge in [-0.3, -0.25) is 9.59 Å². The fourth-order valence-corrected chi connectivity index (χ4v) is 3.46. The van der Waals surface area contributed by atoms with Gasteiger partial charge in [0.15, 0.2) is 0 Å². The van der Waals surface area contributed by atoms with E-state index in [1.165, 1.54) is 0 Å². The first-order valence-corrected chi connectivity index (χ1v) is 10.9. The second-order valence-electron chi connectivity index (χ2n) is 8.22. The Morgan fingerprint density at radius 3 is 2.28 bits per heavy atom. The van der Waals surface area contributed by atoms with Gasteiger partial charge in [-0.05, 0) is 55.7 Å². The lowest BCUT2D eigenvalue weighted by Gasteiger charge is -2.22. The minimum Gasteiger partial charge on any atom is -0.354 e. The second kappa shape index (κ2) is 11.1. The molecule has 32 heavy (non-hydrogen) atoms. The largest absolute Gasteiger partial charge is 0.354 e. The SMILES string of the molecule is Cc1cccc(CN(C(=O)C=Cc2ccccc2)c2ccc(CC(=O)NC(C)C)cc2)c1. The molecule has 0 bridgehead atoms. The smallest absolute Gasteiger partial charge is 0.251 e. The zero-order valence-electron chi connectivity index (χ0n) is 18.9. The van der Waals surface area contributed by atoms with Crippen LogP contribution in [0.1, 0.15) is 36.1 Å². The average Bonchev–Trinajstić information content (AvgIpc) is 2.77. The summed E-state index contributed by atoms with van der Waals surface area (Å²) in [7, 11) is 0.